The number of aryl methyl sites for hydroxylation is 3. The number of imide groups is 1. The number of anilines is 1. The van der Waals surface area contributed by atoms with Crippen molar-refractivity contribution in [2.24, 2.45) is 7.05 Å². The van der Waals surface area contributed by atoms with Gasteiger partial charge in [-0.1, -0.05) is 6.07 Å². The van der Waals surface area contributed by atoms with Gasteiger partial charge in [-0.3, -0.25) is 19.9 Å². The van der Waals surface area contributed by atoms with Gasteiger partial charge in [0, 0.05) is 35.5 Å². The lowest BCUT2D eigenvalue weighted by Crippen LogP contribution is -2.34. The van der Waals surface area contributed by atoms with Gasteiger partial charge in [0.25, 0.3) is 11.5 Å². The molecule has 0 saturated carbocycles. The fourth-order valence-electron chi connectivity index (χ4n) is 3.66. The van der Waals surface area contributed by atoms with Gasteiger partial charge in [-0.2, -0.15) is 0 Å². The molecule has 2 heterocycles. The van der Waals surface area contributed by atoms with Crippen LogP contribution in [-0.2, 0) is 7.05 Å². The van der Waals surface area contributed by atoms with Crippen molar-refractivity contribution in [1.82, 2.24) is 14.9 Å². The summed E-state index contributed by atoms with van der Waals surface area (Å²) in [5.74, 6) is -5.61. The van der Waals surface area contributed by atoms with Crippen molar-refractivity contribution in [2.45, 2.75) is 13.8 Å². The Morgan fingerprint density at radius 2 is 1.69 bits per heavy atom. The number of hydrogen-bond acceptors (Lipinski definition) is 4. The van der Waals surface area contributed by atoms with Crippen molar-refractivity contribution in [2.75, 3.05) is 5.32 Å². The predicted octanol–water partition coefficient (Wildman–Crippen LogP) is 4.60. The van der Waals surface area contributed by atoms with Crippen LogP contribution in [0.1, 0.15) is 21.6 Å². The average molecular weight is 480 g/mol. The maximum atomic E-state index is 13.8. The first-order valence-electron chi connectivity index (χ1n) is 10.4. The summed E-state index contributed by atoms with van der Waals surface area (Å²) in [6.07, 6.45) is 1.65. The zero-order chi connectivity index (χ0) is 25.4. The summed E-state index contributed by atoms with van der Waals surface area (Å²) >= 11 is 0. The third kappa shape index (κ3) is 4.50. The molecule has 2 aromatic heterocycles. The summed E-state index contributed by atoms with van der Waals surface area (Å²) in [5, 5.41) is 4.70. The van der Waals surface area contributed by atoms with Crippen LogP contribution in [0.15, 0.2) is 53.5 Å². The number of nitrogens with zero attached hydrogens (tertiary/aromatic N) is 2. The monoisotopic (exact) mass is 480 g/mol. The lowest BCUT2D eigenvalue weighted by Gasteiger charge is -2.13. The molecule has 3 amide bonds. The molecule has 2 aromatic carbocycles. The van der Waals surface area contributed by atoms with Crippen LogP contribution in [0.4, 0.5) is 23.7 Å². The number of halogens is 3. The summed E-state index contributed by atoms with van der Waals surface area (Å²) in [5.41, 5.74) is 2.13. The molecule has 0 aliphatic heterocycles. The molecule has 0 aliphatic carbocycles. The number of carbonyl (C=O) groups excluding carboxylic acids is 2. The van der Waals surface area contributed by atoms with Crippen LogP contribution in [-0.4, -0.2) is 21.5 Å². The smallest absolute Gasteiger partial charge is 0.311 e. The first kappa shape index (κ1) is 23.7. The fraction of sp³-hybridized carbons (Fsp3) is 0.120. The molecule has 0 spiro atoms. The highest BCUT2D eigenvalue weighted by Gasteiger charge is 2.18. The molecule has 4 rings (SSSR count). The number of benzene rings is 2. The van der Waals surface area contributed by atoms with Crippen LogP contribution in [0.5, 0.6) is 0 Å². The molecule has 0 fully saturated rings. The van der Waals surface area contributed by atoms with Gasteiger partial charge in [-0.15, -0.1) is 0 Å². The van der Waals surface area contributed by atoms with Crippen molar-refractivity contribution >= 4 is 28.5 Å². The number of rotatable bonds is 3. The number of fused-ring (bicyclic) bond motifs is 1. The Balaban J connectivity index is 1.64. The van der Waals surface area contributed by atoms with E-state index >= 15 is 0 Å². The molecular formula is C25H19F3N4O3. The molecule has 178 valence electrons. The standard InChI is InChI=1S/C25H19F3N4O3/c1-12-4-5-14(23(33)31-25(35)30-19-7-6-18(26)21(27)22(19)28)9-16(12)17-10-15-11-29-13(2)8-20(15)32(3)24(17)34/h4-11H,1-3H3,(H2,30,31,33,35). The second-order valence-electron chi connectivity index (χ2n) is 7.97. The van der Waals surface area contributed by atoms with Crippen molar-refractivity contribution < 1.29 is 22.8 Å². The number of urea groups is 1. The first-order chi connectivity index (χ1) is 16.6. The molecule has 10 heteroatoms. The molecular weight excluding hydrogens is 461 g/mol. The van der Waals surface area contributed by atoms with Crippen molar-refractivity contribution in [3.05, 3.63) is 93.3 Å². The lowest BCUT2D eigenvalue weighted by molar-refractivity contribution is 0.0967. The zero-order valence-corrected chi connectivity index (χ0v) is 18.9. The second-order valence-corrected chi connectivity index (χ2v) is 7.97. The van der Waals surface area contributed by atoms with Gasteiger partial charge in [0.05, 0.1) is 11.2 Å². The SMILES string of the molecule is Cc1cc2c(cn1)cc(-c1cc(C(=O)NC(=O)Nc3ccc(F)c(F)c3F)ccc1C)c(=O)n2C. The Labute approximate surface area is 197 Å². The van der Waals surface area contributed by atoms with E-state index in [1.54, 1.807) is 38.4 Å². The minimum Gasteiger partial charge on any atom is -0.311 e. The second kappa shape index (κ2) is 9.05. The molecule has 35 heavy (non-hydrogen) atoms. The van der Waals surface area contributed by atoms with Crippen LogP contribution in [0.25, 0.3) is 22.0 Å². The highest BCUT2D eigenvalue weighted by molar-refractivity contribution is 6.08. The quantitative estimate of drug-likeness (QED) is 0.420. The van der Waals surface area contributed by atoms with E-state index in [2.05, 4.69) is 4.98 Å². The summed E-state index contributed by atoms with van der Waals surface area (Å²) in [4.78, 5) is 42.2. The van der Waals surface area contributed by atoms with E-state index in [9.17, 15) is 27.6 Å². The Morgan fingerprint density at radius 3 is 2.43 bits per heavy atom. The molecule has 7 nitrogen and oxygen atoms in total. The summed E-state index contributed by atoms with van der Waals surface area (Å²) in [6.45, 7) is 3.59. The maximum absolute atomic E-state index is 13.8. The summed E-state index contributed by atoms with van der Waals surface area (Å²) in [7, 11) is 1.64. The molecule has 0 radical (unpaired) electrons. The highest BCUT2D eigenvalue weighted by atomic mass is 19.2. The molecule has 0 aliphatic rings. The van der Waals surface area contributed by atoms with E-state index in [0.29, 0.717) is 28.3 Å². The topological polar surface area (TPSA) is 93.1 Å². The van der Waals surface area contributed by atoms with Crippen LogP contribution in [0.3, 0.4) is 0 Å². The number of aromatic nitrogens is 2. The molecule has 0 bridgehead atoms. The fourth-order valence-corrected chi connectivity index (χ4v) is 3.66. The Bertz CT molecular complexity index is 1580. The highest BCUT2D eigenvalue weighted by Crippen LogP contribution is 2.25. The Kier molecular flexibility index (Phi) is 6.12. The van der Waals surface area contributed by atoms with Gasteiger partial charge in [-0.05, 0) is 61.4 Å². The van der Waals surface area contributed by atoms with E-state index in [1.165, 1.54) is 16.7 Å². The zero-order valence-electron chi connectivity index (χ0n) is 18.9. The number of nitrogens with one attached hydrogen (secondary N) is 2. The average Bonchev–Trinajstić information content (AvgIpc) is 2.82. The number of amides is 3. The first-order valence-corrected chi connectivity index (χ1v) is 10.4. The Morgan fingerprint density at radius 1 is 0.943 bits per heavy atom. The van der Waals surface area contributed by atoms with Crippen LogP contribution in [0.2, 0.25) is 0 Å². The minimum atomic E-state index is -1.75. The van der Waals surface area contributed by atoms with Crippen LogP contribution >= 0.6 is 0 Å². The molecule has 4 aromatic rings. The van der Waals surface area contributed by atoms with E-state index in [4.69, 9.17) is 0 Å². The minimum absolute atomic E-state index is 0.0516. The van der Waals surface area contributed by atoms with E-state index in [0.717, 1.165) is 17.1 Å². The van der Waals surface area contributed by atoms with Gasteiger partial charge in [0.2, 0.25) is 0 Å². The molecule has 2 N–H and O–H groups in total. The number of hydrogen-bond donors (Lipinski definition) is 2. The van der Waals surface area contributed by atoms with Gasteiger partial charge in [0.15, 0.2) is 17.5 Å². The normalized spacial score (nSPS) is 10.9. The predicted molar refractivity (Wildman–Crippen MR) is 125 cm³/mol. The van der Waals surface area contributed by atoms with E-state index < -0.39 is 35.1 Å². The van der Waals surface area contributed by atoms with Crippen LogP contribution in [0, 0.1) is 31.3 Å². The van der Waals surface area contributed by atoms with Gasteiger partial charge < -0.3 is 9.88 Å². The van der Waals surface area contributed by atoms with Gasteiger partial charge in [0.1, 0.15) is 0 Å². The van der Waals surface area contributed by atoms with Crippen molar-refractivity contribution in [3.63, 3.8) is 0 Å². The number of carbonyl (C=O) groups is 2. The van der Waals surface area contributed by atoms with Crippen molar-refractivity contribution in [1.29, 1.82) is 0 Å². The van der Waals surface area contributed by atoms with E-state index in [1.807, 2.05) is 17.6 Å². The molecule has 0 atom stereocenters. The lowest BCUT2D eigenvalue weighted by atomic mass is 9.97. The van der Waals surface area contributed by atoms with E-state index in [-0.39, 0.29) is 11.1 Å². The van der Waals surface area contributed by atoms with Crippen LogP contribution < -0.4 is 16.2 Å². The molecule has 0 unspecified atom stereocenters. The Hall–Kier alpha value is -4.47. The third-order valence-electron chi connectivity index (χ3n) is 5.55. The molecule has 0 saturated heterocycles. The largest absolute Gasteiger partial charge is 0.326 e. The number of pyridine rings is 2. The van der Waals surface area contributed by atoms with Crippen molar-refractivity contribution in [3.8, 4) is 11.1 Å². The maximum Gasteiger partial charge on any atom is 0.326 e. The van der Waals surface area contributed by atoms with Gasteiger partial charge >= 0.3 is 6.03 Å². The third-order valence-corrected chi connectivity index (χ3v) is 5.55. The summed E-state index contributed by atoms with van der Waals surface area (Å²) in [6, 6.07) is 8.34. The van der Waals surface area contributed by atoms with Gasteiger partial charge in [-0.25, -0.2) is 18.0 Å². The summed E-state index contributed by atoms with van der Waals surface area (Å²) < 4.78 is 41.7.